The van der Waals surface area contributed by atoms with Crippen molar-refractivity contribution in [3.8, 4) is 0 Å². The lowest BCUT2D eigenvalue weighted by atomic mass is 9.84. The first-order chi connectivity index (χ1) is 7.47. The van der Waals surface area contributed by atoms with Gasteiger partial charge in [0.05, 0.1) is 5.60 Å². The Morgan fingerprint density at radius 1 is 1.44 bits per heavy atom. The highest BCUT2D eigenvalue weighted by Crippen LogP contribution is 2.60. The molecule has 0 aromatic carbocycles. The molecule has 0 amide bonds. The van der Waals surface area contributed by atoms with Crippen LogP contribution in [0.25, 0.3) is 0 Å². The zero-order chi connectivity index (χ0) is 11.8. The van der Waals surface area contributed by atoms with Crippen molar-refractivity contribution in [3.63, 3.8) is 0 Å². The van der Waals surface area contributed by atoms with Gasteiger partial charge in [-0.1, -0.05) is 12.5 Å². The topological polar surface area (TPSA) is 9.23 Å². The molecule has 0 aromatic heterocycles. The van der Waals surface area contributed by atoms with Crippen molar-refractivity contribution >= 4 is 8.32 Å². The fourth-order valence-electron chi connectivity index (χ4n) is 3.52. The molecular weight excluding hydrogens is 212 g/mol. The number of hydrogen-bond acceptors (Lipinski definition) is 1. The molecule has 0 saturated heterocycles. The number of hydrogen-bond donors (Lipinski definition) is 0. The van der Waals surface area contributed by atoms with Crippen molar-refractivity contribution in [1.82, 2.24) is 0 Å². The molecular formula is C14H26OSi. The largest absolute Gasteiger partial charge is 0.412 e. The van der Waals surface area contributed by atoms with Crippen LogP contribution in [-0.2, 0) is 4.43 Å². The molecule has 0 N–H and O–H groups in total. The first kappa shape index (κ1) is 12.4. The summed E-state index contributed by atoms with van der Waals surface area (Å²) < 4.78 is 6.46. The van der Waals surface area contributed by atoms with Crippen molar-refractivity contribution in [3.05, 3.63) is 12.7 Å². The highest BCUT2D eigenvalue weighted by molar-refractivity contribution is 6.69. The van der Waals surface area contributed by atoms with Gasteiger partial charge in [0.25, 0.3) is 0 Å². The number of fused-ring (bicyclic) bond motifs is 1. The lowest BCUT2D eigenvalue weighted by Crippen LogP contribution is -2.37. The Morgan fingerprint density at radius 3 is 2.81 bits per heavy atom. The van der Waals surface area contributed by atoms with E-state index in [-0.39, 0.29) is 0 Å². The van der Waals surface area contributed by atoms with E-state index in [4.69, 9.17) is 4.43 Å². The smallest absolute Gasteiger partial charge is 0.184 e. The summed E-state index contributed by atoms with van der Waals surface area (Å²) in [6.07, 6.45) is 10.1. The molecule has 0 heterocycles. The SMILES string of the molecule is C=CCCC1CCCC2(O[Si](C)(C)C)CC12. The van der Waals surface area contributed by atoms with Crippen LogP contribution in [0.1, 0.15) is 38.5 Å². The van der Waals surface area contributed by atoms with Gasteiger partial charge in [0.2, 0.25) is 0 Å². The molecule has 0 radical (unpaired) electrons. The van der Waals surface area contributed by atoms with Crippen molar-refractivity contribution in [1.29, 1.82) is 0 Å². The summed E-state index contributed by atoms with van der Waals surface area (Å²) in [5.41, 5.74) is 0.328. The Kier molecular flexibility index (Phi) is 3.33. The fourth-order valence-corrected chi connectivity index (χ4v) is 5.07. The molecule has 2 aliphatic carbocycles. The van der Waals surface area contributed by atoms with Crippen LogP contribution in [0.5, 0.6) is 0 Å². The minimum atomic E-state index is -1.36. The minimum Gasteiger partial charge on any atom is -0.412 e. The maximum absolute atomic E-state index is 6.46. The van der Waals surface area contributed by atoms with E-state index in [0.717, 1.165) is 11.8 Å². The van der Waals surface area contributed by atoms with E-state index >= 15 is 0 Å². The van der Waals surface area contributed by atoms with Gasteiger partial charge in [-0.2, -0.15) is 0 Å². The van der Waals surface area contributed by atoms with E-state index in [1.165, 1.54) is 38.5 Å². The molecule has 2 rings (SSSR count). The summed E-state index contributed by atoms with van der Waals surface area (Å²) >= 11 is 0. The van der Waals surface area contributed by atoms with E-state index in [1.54, 1.807) is 0 Å². The Balaban J connectivity index is 1.93. The van der Waals surface area contributed by atoms with Crippen LogP contribution in [0.4, 0.5) is 0 Å². The summed E-state index contributed by atoms with van der Waals surface area (Å²) in [6, 6.07) is 0. The van der Waals surface area contributed by atoms with Gasteiger partial charge in [-0.3, -0.25) is 0 Å². The zero-order valence-corrected chi connectivity index (χ0v) is 12.1. The van der Waals surface area contributed by atoms with Crippen LogP contribution in [0, 0.1) is 11.8 Å². The van der Waals surface area contributed by atoms with Crippen LogP contribution in [0.3, 0.4) is 0 Å². The van der Waals surface area contributed by atoms with Gasteiger partial charge in [0.1, 0.15) is 0 Å². The van der Waals surface area contributed by atoms with Gasteiger partial charge in [-0.15, -0.1) is 6.58 Å². The molecule has 1 nitrogen and oxygen atoms in total. The molecule has 2 heteroatoms. The van der Waals surface area contributed by atoms with Gasteiger partial charge in [0.15, 0.2) is 8.32 Å². The van der Waals surface area contributed by atoms with Crippen molar-refractivity contribution in [2.24, 2.45) is 11.8 Å². The molecule has 92 valence electrons. The van der Waals surface area contributed by atoms with E-state index in [1.807, 2.05) is 0 Å². The average Bonchev–Trinajstić information content (AvgIpc) is 2.85. The van der Waals surface area contributed by atoms with E-state index in [9.17, 15) is 0 Å². The average molecular weight is 238 g/mol. The molecule has 0 aliphatic heterocycles. The maximum Gasteiger partial charge on any atom is 0.184 e. The van der Waals surface area contributed by atoms with Gasteiger partial charge in [-0.25, -0.2) is 0 Å². The Bertz CT molecular complexity index is 268. The molecule has 0 aromatic rings. The molecule has 2 aliphatic rings. The normalized spacial score (nSPS) is 37.9. The second kappa shape index (κ2) is 4.30. The third-order valence-electron chi connectivity index (χ3n) is 4.08. The molecule has 0 spiro atoms. The maximum atomic E-state index is 6.46. The monoisotopic (exact) mass is 238 g/mol. The van der Waals surface area contributed by atoms with Crippen LogP contribution in [0.2, 0.25) is 19.6 Å². The van der Waals surface area contributed by atoms with E-state index in [0.29, 0.717) is 5.60 Å². The molecule has 3 unspecified atom stereocenters. The first-order valence-corrected chi connectivity index (χ1v) is 10.2. The molecule has 0 bridgehead atoms. The Morgan fingerprint density at radius 2 is 2.19 bits per heavy atom. The summed E-state index contributed by atoms with van der Waals surface area (Å²) in [5, 5.41) is 0. The number of allylic oxidation sites excluding steroid dienone is 1. The predicted octanol–water partition coefficient (Wildman–Crippen LogP) is 4.36. The second-order valence-corrected chi connectivity index (χ2v) is 11.0. The number of rotatable bonds is 5. The molecule has 2 saturated carbocycles. The van der Waals surface area contributed by atoms with Crippen LogP contribution >= 0.6 is 0 Å². The highest BCUT2D eigenvalue weighted by Gasteiger charge is 2.60. The van der Waals surface area contributed by atoms with Crippen molar-refractivity contribution < 1.29 is 4.43 Å². The van der Waals surface area contributed by atoms with Gasteiger partial charge in [0, 0.05) is 0 Å². The van der Waals surface area contributed by atoms with E-state index < -0.39 is 8.32 Å². The van der Waals surface area contributed by atoms with Gasteiger partial charge in [-0.05, 0) is 63.6 Å². The minimum absolute atomic E-state index is 0.328. The van der Waals surface area contributed by atoms with Crippen molar-refractivity contribution in [2.45, 2.75) is 63.8 Å². The summed E-state index contributed by atoms with van der Waals surface area (Å²) in [5.74, 6) is 1.80. The lowest BCUT2D eigenvalue weighted by molar-refractivity contribution is 0.0954. The van der Waals surface area contributed by atoms with Gasteiger partial charge >= 0.3 is 0 Å². The third kappa shape index (κ3) is 2.59. The van der Waals surface area contributed by atoms with Crippen LogP contribution in [0.15, 0.2) is 12.7 Å². The third-order valence-corrected chi connectivity index (χ3v) is 5.09. The summed E-state index contributed by atoms with van der Waals surface area (Å²) in [4.78, 5) is 0. The zero-order valence-electron chi connectivity index (χ0n) is 11.1. The molecule has 3 atom stereocenters. The van der Waals surface area contributed by atoms with Crippen LogP contribution in [-0.4, -0.2) is 13.9 Å². The van der Waals surface area contributed by atoms with E-state index in [2.05, 4.69) is 32.3 Å². The van der Waals surface area contributed by atoms with Gasteiger partial charge < -0.3 is 4.43 Å². The summed E-state index contributed by atoms with van der Waals surface area (Å²) in [6.45, 7) is 10.8. The highest BCUT2D eigenvalue weighted by atomic mass is 28.4. The predicted molar refractivity (Wildman–Crippen MR) is 72.0 cm³/mol. The molecule has 16 heavy (non-hydrogen) atoms. The first-order valence-electron chi connectivity index (χ1n) is 6.78. The molecule has 2 fully saturated rings. The standard InChI is InChI=1S/C14H26OSi/c1-5-6-8-12-9-7-10-14(11-13(12)14)15-16(2,3)4/h5,12-13H,1,6-11H2,2-4H3. The lowest BCUT2D eigenvalue weighted by Gasteiger charge is -2.33. The quantitative estimate of drug-likeness (QED) is 0.511. The van der Waals surface area contributed by atoms with Crippen LogP contribution < -0.4 is 0 Å². The summed E-state index contributed by atoms with van der Waals surface area (Å²) in [7, 11) is -1.36. The second-order valence-electron chi connectivity index (χ2n) is 6.61. The fraction of sp³-hybridized carbons (Fsp3) is 0.857. The Labute approximate surface area is 101 Å². The Hall–Kier alpha value is -0.0831. The van der Waals surface area contributed by atoms with Crippen molar-refractivity contribution in [2.75, 3.05) is 0 Å².